The highest BCUT2D eigenvalue weighted by Gasteiger charge is 2.22. The molecule has 2 N–H and O–H groups in total. The van der Waals surface area contributed by atoms with Crippen LogP contribution in [-0.4, -0.2) is 43.3 Å². The van der Waals surface area contributed by atoms with Gasteiger partial charge in [0.25, 0.3) is 5.91 Å². The average Bonchev–Trinajstić information content (AvgIpc) is 2.71. The van der Waals surface area contributed by atoms with Crippen LogP contribution < -0.4 is 5.32 Å². The molecule has 6 nitrogen and oxygen atoms in total. The van der Waals surface area contributed by atoms with Crippen LogP contribution in [0.2, 0.25) is 10.0 Å². The van der Waals surface area contributed by atoms with E-state index in [1.165, 1.54) is 12.1 Å². The van der Waals surface area contributed by atoms with Gasteiger partial charge in [-0.2, -0.15) is 0 Å². The molecule has 30 heavy (non-hydrogen) atoms. The molecule has 1 atom stereocenters. The van der Waals surface area contributed by atoms with Crippen molar-refractivity contribution in [2.75, 3.05) is 20.3 Å². The Morgan fingerprint density at radius 3 is 2.37 bits per heavy atom. The maximum Gasteiger partial charge on any atom is 0.327 e. The minimum absolute atomic E-state index is 0.0309. The third-order valence-electron chi connectivity index (χ3n) is 3.99. The van der Waals surface area contributed by atoms with E-state index in [0.717, 1.165) is 11.1 Å². The molecular weight excluding hydrogens is 429 g/mol. The lowest BCUT2D eigenvalue weighted by Crippen LogP contribution is -2.40. The first kappa shape index (κ1) is 23.7. The van der Waals surface area contributed by atoms with Crippen LogP contribution >= 0.6 is 23.2 Å². The summed E-state index contributed by atoms with van der Waals surface area (Å²) in [6.45, 7) is 1.52. The second-order valence-corrected chi connectivity index (χ2v) is 7.02. The van der Waals surface area contributed by atoms with Gasteiger partial charge in [0.15, 0.2) is 0 Å². The Hall–Kier alpha value is -2.56. The van der Waals surface area contributed by atoms with Gasteiger partial charge in [-0.1, -0.05) is 53.2 Å². The van der Waals surface area contributed by atoms with Crippen LogP contribution in [0.1, 0.15) is 27.9 Å². The largest absolute Gasteiger partial charge is 0.480 e. The lowest BCUT2D eigenvalue weighted by atomic mass is 10.1. The summed E-state index contributed by atoms with van der Waals surface area (Å²) in [4.78, 5) is 23.9. The Morgan fingerprint density at radius 1 is 1.10 bits per heavy atom. The van der Waals surface area contributed by atoms with E-state index >= 15 is 0 Å². The van der Waals surface area contributed by atoms with Gasteiger partial charge < -0.3 is 19.9 Å². The van der Waals surface area contributed by atoms with Gasteiger partial charge in [0, 0.05) is 19.1 Å². The SMILES string of the molecule is COCCOCc1ccc(C#CCC(NC(=O)c2c(Cl)cccc2Cl)C(=O)O)cc1. The summed E-state index contributed by atoms with van der Waals surface area (Å²) >= 11 is 12.0. The van der Waals surface area contributed by atoms with E-state index in [0.29, 0.717) is 19.8 Å². The monoisotopic (exact) mass is 449 g/mol. The minimum Gasteiger partial charge on any atom is -0.480 e. The van der Waals surface area contributed by atoms with E-state index in [2.05, 4.69) is 17.2 Å². The number of hydrogen-bond acceptors (Lipinski definition) is 4. The number of carboxylic acids is 1. The van der Waals surface area contributed by atoms with Crippen LogP contribution in [0.25, 0.3) is 0 Å². The predicted octanol–water partition coefficient (Wildman–Crippen LogP) is 3.78. The van der Waals surface area contributed by atoms with Crippen molar-refractivity contribution < 1.29 is 24.2 Å². The van der Waals surface area contributed by atoms with Gasteiger partial charge in [0.2, 0.25) is 0 Å². The van der Waals surface area contributed by atoms with Gasteiger partial charge in [-0.3, -0.25) is 4.79 Å². The molecule has 1 amide bonds. The van der Waals surface area contributed by atoms with Crippen molar-refractivity contribution in [2.24, 2.45) is 0 Å². The number of rotatable bonds is 9. The fourth-order valence-electron chi connectivity index (χ4n) is 2.42. The third-order valence-corrected chi connectivity index (χ3v) is 4.62. The number of methoxy groups -OCH3 is 1. The summed E-state index contributed by atoms with van der Waals surface area (Å²) in [5.74, 6) is 3.81. The number of benzene rings is 2. The Kier molecular flexibility index (Phi) is 9.65. The lowest BCUT2D eigenvalue weighted by molar-refractivity contribution is -0.139. The van der Waals surface area contributed by atoms with Crippen LogP contribution in [0.4, 0.5) is 0 Å². The van der Waals surface area contributed by atoms with E-state index in [-0.39, 0.29) is 22.0 Å². The first-order chi connectivity index (χ1) is 14.4. The van der Waals surface area contributed by atoms with E-state index in [1.54, 1.807) is 13.2 Å². The van der Waals surface area contributed by atoms with Crippen LogP contribution in [0, 0.1) is 11.8 Å². The zero-order chi connectivity index (χ0) is 21.9. The molecular formula is C22H21Cl2NO5. The summed E-state index contributed by atoms with van der Waals surface area (Å²) in [6, 6.07) is 10.8. The van der Waals surface area contributed by atoms with Gasteiger partial charge in [-0.05, 0) is 29.8 Å². The van der Waals surface area contributed by atoms with Crippen molar-refractivity contribution in [2.45, 2.75) is 19.1 Å². The van der Waals surface area contributed by atoms with Crippen LogP contribution in [0.15, 0.2) is 42.5 Å². The Labute approximate surface area is 185 Å². The number of hydrogen-bond donors (Lipinski definition) is 2. The van der Waals surface area contributed by atoms with Crippen LogP contribution in [0.5, 0.6) is 0 Å². The predicted molar refractivity (Wildman–Crippen MR) is 115 cm³/mol. The van der Waals surface area contributed by atoms with Crippen molar-refractivity contribution in [3.63, 3.8) is 0 Å². The molecule has 0 aliphatic rings. The second kappa shape index (κ2) is 12.2. The van der Waals surface area contributed by atoms with E-state index < -0.39 is 17.9 Å². The maximum absolute atomic E-state index is 12.4. The van der Waals surface area contributed by atoms with Crippen LogP contribution in [0.3, 0.4) is 0 Å². The summed E-state index contributed by atoms with van der Waals surface area (Å²) in [5.41, 5.74) is 1.74. The number of carbonyl (C=O) groups excluding carboxylic acids is 1. The Bertz CT molecular complexity index is 915. The van der Waals surface area contributed by atoms with Crippen molar-refractivity contribution in [3.8, 4) is 11.8 Å². The summed E-state index contributed by atoms with van der Waals surface area (Å²) in [7, 11) is 1.61. The normalized spacial score (nSPS) is 11.3. The van der Waals surface area contributed by atoms with E-state index in [9.17, 15) is 14.7 Å². The van der Waals surface area contributed by atoms with Gasteiger partial charge >= 0.3 is 5.97 Å². The highest BCUT2D eigenvalue weighted by atomic mass is 35.5. The summed E-state index contributed by atoms with van der Waals surface area (Å²) < 4.78 is 10.4. The molecule has 0 aliphatic carbocycles. The zero-order valence-corrected chi connectivity index (χ0v) is 17.8. The van der Waals surface area contributed by atoms with Crippen LogP contribution in [-0.2, 0) is 20.9 Å². The topological polar surface area (TPSA) is 84.9 Å². The maximum atomic E-state index is 12.4. The quantitative estimate of drug-likeness (QED) is 0.449. The number of carbonyl (C=O) groups is 2. The number of amides is 1. The second-order valence-electron chi connectivity index (χ2n) is 6.21. The lowest BCUT2D eigenvalue weighted by Gasteiger charge is -2.13. The molecule has 1 unspecified atom stereocenters. The summed E-state index contributed by atoms with van der Waals surface area (Å²) in [5, 5.41) is 12.1. The van der Waals surface area contributed by atoms with Crippen molar-refractivity contribution in [1.29, 1.82) is 0 Å². The molecule has 0 bridgehead atoms. The van der Waals surface area contributed by atoms with Crippen molar-refractivity contribution in [3.05, 3.63) is 69.2 Å². The molecule has 0 heterocycles. The van der Waals surface area contributed by atoms with E-state index in [4.69, 9.17) is 32.7 Å². The molecule has 158 valence electrons. The number of aliphatic carboxylic acids is 1. The first-order valence-corrected chi connectivity index (χ1v) is 9.80. The third kappa shape index (κ3) is 7.36. The molecule has 2 aromatic carbocycles. The number of halogens is 2. The Balaban J connectivity index is 1.96. The van der Waals surface area contributed by atoms with E-state index in [1.807, 2.05) is 24.3 Å². The highest BCUT2D eigenvalue weighted by Crippen LogP contribution is 2.24. The highest BCUT2D eigenvalue weighted by molar-refractivity contribution is 6.39. The van der Waals surface area contributed by atoms with Gasteiger partial charge in [0.1, 0.15) is 6.04 Å². The summed E-state index contributed by atoms with van der Waals surface area (Å²) in [6.07, 6.45) is -0.0783. The molecule has 0 spiro atoms. The number of nitrogens with one attached hydrogen (secondary N) is 1. The molecule has 0 aromatic heterocycles. The smallest absolute Gasteiger partial charge is 0.327 e. The molecule has 0 saturated heterocycles. The zero-order valence-electron chi connectivity index (χ0n) is 16.3. The Morgan fingerprint density at radius 2 is 1.77 bits per heavy atom. The molecule has 0 saturated carbocycles. The van der Waals surface area contributed by atoms with Crippen molar-refractivity contribution in [1.82, 2.24) is 5.32 Å². The number of ether oxygens (including phenoxy) is 2. The van der Waals surface area contributed by atoms with Gasteiger partial charge in [0.05, 0.1) is 35.4 Å². The standard InChI is InChI=1S/C22H21Cl2NO5/c1-29-12-13-30-14-16-10-8-15(9-11-16)4-2-7-19(22(27)28)25-21(26)20-17(23)5-3-6-18(20)24/h3,5-6,8-11,19H,7,12-14H2,1H3,(H,25,26)(H,27,28). The van der Waals surface area contributed by atoms with Crippen molar-refractivity contribution >= 4 is 35.1 Å². The van der Waals surface area contributed by atoms with Gasteiger partial charge in [-0.25, -0.2) is 4.79 Å². The fraction of sp³-hybridized carbons (Fsp3) is 0.273. The minimum atomic E-state index is -1.20. The first-order valence-electron chi connectivity index (χ1n) is 9.04. The van der Waals surface area contributed by atoms with Gasteiger partial charge in [-0.15, -0.1) is 0 Å². The number of carboxylic acid groups (broad SMARTS) is 1. The molecule has 0 radical (unpaired) electrons. The molecule has 2 rings (SSSR count). The average molecular weight is 450 g/mol. The molecule has 8 heteroatoms. The molecule has 2 aromatic rings. The molecule has 0 fully saturated rings. The molecule has 0 aliphatic heterocycles. The fourth-order valence-corrected chi connectivity index (χ4v) is 2.99.